The average Bonchev–Trinajstić information content (AvgIpc) is 3.00. The molecule has 4 rings (SSSR count). The third-order valence-corrected chi connectivity index (χ3v) is 9.91. The molecule has 0 amide bonds. The molecular weight excluding hydrogens is 641 g/mol. The van der Waals surface area contributed by atoms with Gasteiger partial charge in [0.2, 0.25) is 0 Å². The number of rotatable bonds is 13. The van der Waals surface area contributed by atoms with Crippen molar-refractivity contribution in [3.8, 4) is 28.4 Å². The summed E-state index contributed by atoms with van der Waals surface area (Å²) in [6.07, 6.45) is 2.64. The van der Waals surface area contributed by atoms with E-state index in [1.165, 1.54) is 36.4 Å². The number of carbonyl (C=O) groups is 1. The Labute approximate surface area is 277 Å². The number of hydrogen-bond donors (Lipinski definition) is 2. The van der Waals surface area contributed by atoms with Crippen LogP contribution in [-0.4, -0.2) is 37.3 Å². The van der Waals surface area contributed by atoms with Gasteiger partial charge < -0.3 is 9.47 Å². The van der Waals surface area contributed by atoms with E-state index in [9.17, 15) is 30.7 Å². The van der Waals surface area contributed by atoms with E-state index in [1.54, 1.807) is 26.0 Å². The van der Waals surface area contributed by atoms with Crippen molar-refractivity contribution in [3.05, 3.63) is 102 Å². The Morgan fingerprint density at radius 1 is 0.681 bits per heavy atom. The first-order valence-corrected chi connectivity index (χ1v) is 18.1. The van der Waals surface area contributed by atoms with Crippen LogP contribution < -0.4 is 9.47 Å². The first kappa shape index (κ1) is 35.8. The highest BCUT2D eigenvalue weighted by molar-refractivity contribution is 7.86. The maximum atomic E-state index is 13.1. The van der Waals surface area contributed by atoms with Crippen LogP contribution in [-0.2, 0) is 25.7 Å². The molecule has 0 spiro atoms. The number of benzene rings is 4. The van der Waals surface area contributed by atoms with Crippen LogP contribution in [0.4, 0.5) is 0 Å². The molecule has 0 bridgehead atoms. The molecule has 250 valence electrons. The fourth-order valence-corrected chi connectivity index (χ4v) is 6.41. The smallest absolute Gasteiger partial charge is 0.298 e. The molecule has 4 aromatic rings. The van der Waals surface area contributed by atoms with Crippen molar-refractivity contribution in [2.45, 2.75) is 81.6 Å². The van der Waals surface area contributed by atoms with Crippen molar-refractivity contribution in [1.82, 2.24) is 0 Å². The minimum absolute atomic E-state index is 0.00270. The van der Waals surface area contributed by atoms with E-state index in [2.05, 4.69) is 20.8 Å². The van der Waals surface area contributed by atoms with Gasteiger partial charge in [0, 0.05) is 11.1 Å². The van der Waals surface area contributed by atoms with Gasteiger partial charge in [-0.05, 0) is 97.3 Å². The molecule has 0 aliphatic rings. The van der Waals surface area contributed by atoms with Crippen LogP contribution in [0.25, 0.3) is 11.1 Å². The van der Waals surface area contributed by atoms with Gasteiger partial charge in [-0.2, -0.15) is 16.8 Å². The molecule has 0 saturated heterocycles. The van der Waals surface area contributed by atoms with Gasteiger partial charge in [-0.25, -0.2) is 0 Å². The molecule has 0 aromatic heterocycles. The van der Waals surface area contributed by atoms with E-state index in [0.29, 0.717) is 17.5 Å². The van der Waals surface area contributed by atoms with Gasteiger partial charge in [0.1, 0.15) is 32.6 Å². The molecule has 4 aromatic carbocycles. The summed E-state index contributed by atoms with van der Waals surface area (Å²) in [6, 6.07) is 21.7. The van der Waals surface area contributed by atoms with Crippen LogP contribution in [0.15, 0.2) is 94.7 Å². The zero-order valence-corrected chi connectivity index (χ0v) is 28.9. The highest BCUT2D eigenvalue weighted by Crippen LogP contribution is 2.37. The number of hydrogen-bond acceptors (Lipinski definition) is 7. The van der Waals surface area contributed by atoms with E-state index >= 15 is 0 Å². The monoisotopic (exact) mass is 680 g/mol. The Balaban J connectivity index is 1.61. The van der Waals surface area contributed by atoms with Crippen molar-refractivity contribution in [2.24, 2.45) is 0 Å². The molecule has 47 heavy (non-hydrogen) atoms. The Bertz CT molecular complexity index is 1980. The zero-order valence-electron chi connectivity index (χ0n) is 27.3. The van der Waals surface area contributed by atoms with Gasteiger partial charge in [-0.1, -0.05) is 70.5 Å². The van der Waals surface area contributed by atoms with E-state index in [1.807, 2.05) is 31.2 Å². The molecule has 0 radical (unpaired) electrons. The third kappa shape index (κ3) is 8.66. The maximum Gasteiger partial charge on any atom is 0.298 e. The predicted octanol–water partition coefficient (Wildman–Crippen LogP) is 8.52. The van der Waals surface area contributed by atoms with Crippen molar-refractivity contribution < 1.29 is 40.2 Å². The number of carbonyl (C=O) groups excluding carboxylic acids is 1. The molecule has 0 fully saturated rings. The summed E-state index contributed by atoms with van der Waals surface area (Å²) in [6.45, 7) is 11.9. The second-order valence-electron chi connectivity index (χ2n) is 12.7. The second-order valence-corrected chi connectivity index (χ2v) is 15.4. The average molecular weight is 681 g/mol. The lowest BCUT2D eigenvalue weighted by Gasteiger charge is -2.26. The van der Waals surface area contributed by atoms with Crippen molar-refractivity contribution in [2.75, 3.05) is 0 Å². The summed E-state index contributed by atoms with van der Waals surface area (Å²) >= 11 is 0. The van der Waals surface area contributed by atoms with Gasteiger partial charge in [-0.3, -0.25) is 13.9 Å². The van der Waals surface area contributed by atoms with Gasteiger partial charge >= 0.3 is 0 Å². The van der Waals surface area contributed by atoms with Gasteiger partial charge in [0.15, 0.2) is 5.78 Å². The van der Waals surface area contributed by atoms with Crippen molar-refractivity contribution in [1.29, 1.82) is 0 Å². The fraction of sp³-hybridized carbons (Fsp3) is 0.306. The first-order chi connectivity index (χ1) is 21.8. The van der Waals surface area contributed by atoms with Crippen LogP contribution in [0.1, 0.15) is 82.3 Å². The minimum Gasteiger partial charge on any atom is -0.486 e. The van der Waals surface area contributed by atoms with Crippen LogP contribution >= 0.6 is 0 Å². The lowest BCUT2D eigenvalue weighted by Crippen LogP contribution is -2.27. The molecule has 0 atom stereocenters. The lowest BCUT2D eigenvalue weighted by atomic mass is 9.80. The van der Waals surface area contributed by atoms with Gasteiger partial charge in [-0.15, -0.1) is 0 Å². The molecule has 0 unspecified atom stereocenters. The molecular formula is C36H40O9S2. The van der Waals surface area contributed by atoms with E-state index in [0.717, 1.165) is 30.5 Å². The summed E-state index contributed by atoms with van der Waals surface area (Å²) in [7, 11) is -9.52. The predicted molar refractivity (Wildman–Crippen MR) is 181 cm³/mol. The van der Waals surface area contributed by atoms with E-state index < -0.39 is 35.6 Å². The maximum absolute atomic E-state index is 13.1. The van der Waals surface area contributed by atoms with Crippen LogP contribution in [0.3, 0.4) is 0 Å². The zero-order chi connectivity index (χ0) is 34.8. The summed E-state index contributed by atoms with van der Waals surface area (Å²) in [5, 5.41) is 0. The normalized spacial score (nSPS) is 12.5. The topological polar surface area (TPSA) is 144 Å². The molecule has 0 heterocycles. The van der Waals surface area contributed by atoms with E-state index in [-0.39, 0.29) is 39.6 Å². The molecule has 9 nitrogen and oxygen atoms in total. The first-order valence-electron chi connectivity index (χ1n) is 15.2. The standard InChI is InChI=1S/C36H40O9S2/c1-7-21-35(3,4)28-15-9-24(10-16-28)34(37)25-11-17-29(18-12-25)44-30-19-13-26(22-32(30)46(38,39)40)27-14-20-31(45-36(5,6)8-2)33(23-27)47(41,42)43/h9-20,22-23H,7-8,21H2,1-6H3,(H,38,39,40)(H,41,42,43). The summed E-state index contributed by atoms with van der Waals surface area (Å²) in [4.78, 5) is 12.1. The molecule has 0 aliphatic heterocycles. The largest absolute Gasteiger partial charge is 0.486 e. The quantitative estimate of drug-likeness (QED) is 0.105. The van der Waals surface area contributed by atoms with Crippen LogP contribution in [0.2, 0.25) is 0 Å². The molecule has 0 saturated carbocycles. The van der Waals surface area contributed by atoms with Gasteiger partial charge in [0.25, 0.3) is 20.2 Å². The Morgan fingerprint density at radius 2 is 1.15 bits per heavy atom. The summed E-state index contributed by atoms with van der Waals surface area (Å²) in [5.41, 5.74) is 1.84. The van der Waals surface area contributed by atoms with Crippen LogP contribution in [0.5, 0.6) is 17.2 Å². The molecule has 2 N–H and O–H groups in total. The Kier molecular flexibility index (Phi) is 10.4. The van der Waals surface area contributed by atoms with Crippen molar-refractivity contribution >= 4 is 26.0 Å². The Morgan fingerprint density at radius 3 is 1.62 bits per heavy atom. The minimum atomic E-state index is -4.81. The highest BCUT2D eigenvalue weighted by atomic mass is 32.2. The fourth-order valence-electron chi connectivity index (χ4n) is 5.13. The second kappa shape index (κ2) is 13.6. The summed E-state index contributed by atoms with van der Waals surface area (Å²) in [5.74, 6) is -0.226. The third-order valence-electron chi connectivity index (χ3n) is 8.16. The molecule has 0 aliphatic carbocycles. The highest BCUT2D eigenvalue weighted by Gasteiger charge is 2.25. The SMILES string of the molecule is CCCC(C)(C)c1ccc(C(=O)c2ccc(Oc3ccc(-c4ccc(OC(C)(C)CC)c(S(=O)(=O)O)c4)cc3S(=O)(=O)O)cc2)cc1. The van der Waals surface area contributed by atoms with Crippen LogP contribution in [0, 0.1) is 0 Å². The molecule has 11 heteroatoms. The van der Waals surface area contributed by atoms with Gasteiger partial charge in [0.05, 0.1) is 0 Å². The van der Waals surface area contributed by atoms with E-state index in [4.69, 9.17) is 9.47 Å². The summed E-state index contributed by atoms with van der Waals surface area (Å²) < 4.78 is 80.8. The number of ether oxygens (including phenoxy) is 2. The van der Waals surface area contributed by atoms with Crippen molar-refractivity contribution in [3.63, 3.8) is 0 Å². The Hall–Kier alpha value is -4.03. The number of ketones is 1. The lowest BCUT2D eigenvalue weighted by molar-refractivity contribution is 0.101.